The van der Waals surface area contributed by atoms with Crippen LogP contribution in [0.4, 0.5) is 4.79 Å². The number of esters is 1. The van der Waals surface area contributed by atoms with Gasteiger partial charge in [-0.25, -0.2) is 9.69 Å². The number of imide groups is 2. The highest BCUT2D eigenvalue weighted by atomic mass is 16.5. The van der Waals surface area contributed by atoms with Gasteiger partial charge in [-0.05, 0) is 23.3 Å². The van der Waals surface area contributed by atoms with Crippen molar-refractivity contribution < 1.29 is 23.9 Å². The number of ether oxygens (including phenoxy) is 1. The Balaban J connectivity index is 1.61. The van der Waals surface area contributed by atoms with Gasteiger partial charge in [0, 0.05) is 0 Å². The van der Waals surface area contributed by atoms with Crippen molar-refractivity contribution in [1.29, 1.82) is 5.26 Å². The van der Waals surface area contributed by atoms with Crippen molar-refractivity contribution in [2.75, 3.05) is 6.54 Å². The molecule has 0 N–H and O–H groups in total. The van der Waals surface area contributed by atoms with E-state index in [1.54, 1.807) is 48.5 Å². The van der Waals surface area contributed by atoms with Gasteiger partial charge in [-0.2, -0.15) is 5.26 Å². The van der Waals surface area contributed by atoms with Crippen LogP contribution >= 0.6 is 0 Å². The molecule has 0 aliphatic carbocycles. The van der Waals surface area contributed by atoms with Crippen molar-refractivity contribution in [3.63, 3.8) is 0 Å². The molecule has 8 heteroatoms. The number of nitrogens with zero attached hydrogens (tertiary/aromatic N) is 3. The molecular formula is C20H15N3O5. The summed E-state index contributed by atoms with van der Waals surface area (Å²) in [6.07, 6.45) is 0. The first-order valence-electron chi connectivity index (χ1n) is 8.35. The maximum absolute atomic E-state index is 12.4. The number of urea groups is 1. The minimum atomic E-state index is -1.07. The van der Waals surface area contributed by atoms with Crippen LogP contribution in [0.5, 0.6) is 0 Å². The van der Waals surface area contributed by atoms with E-state index in [1.165, 1.54) is 0 Å². The number of amides is 4. The zero-order valence-corrected chi connectivity index (χ0v) is 14.7. The molecule has 2 aromatic carbocycles. The lowest BCUT2D eigenvalue weighted by Crippen LogP contribution is -2.37. The third-order valence-electron chi connectivity index (χ3n) is 4.09. The topological polar surface area (TPSA) is 108 Å². The minimum absolute atomic E-state index is 0.00119. The van der Waals surface area contributed by atoms with Crippen LogP contribution in [0.2, 0.25) is 0 Å². The SMILES string of the molecule is N#Cc1ccc(CN2C(=O)C(=O)N(CC(=O)OCc3ccccc3)C2=O)cc1. The number of hydrogen-bond donors (Lipinski definition) is 0. The molecule has 0 spiro atoms. The Kier molecular flexibility index (Phi) is 5.46. The molecule has 1 fully saturated rings. The predicted molar refractivity (Wildman–Crippen MR) is 95.1 cm³/mol. The van der Waals surface area contributed by atoms with E-state index >= 15 is 0 Å². The first kappa shape index (κ1) is 18.8. The lowest BCUT2D eigenvalue weighted by Gasteiger charge is -2.15. The molecule has 0 unspecified atom stereocenters. The fraction of sp³-hybridized carbons (Fsp3) is 0.150. The average Bonchev–Trinajstić information content (AvgIpc) is 2.92. The molecule has 0 bridgehead atoms. The Labute approximate surface area is 160 Å². The number of nitriles is 1. The van der Waals surface area contributed by atoms with Crippen molar-refractivity contribution in [3.8, 4) is 6.07 Å². The minimum Gasteiger partial charge on any atom is -0.459 e. The fourth-order valence-electron chi connectivity index (χ4n) is 2.61. The second kappa shape index (κ2) is 8.14. The predicted octanol–water partition coefficient (Wildman–Crippen LogP) is 1.59. The summed E-state index contributed by atoms with van der Waals surface area (Å²) >= 11 is 0. The molecule has 1 heterocycles. The summed E-state index contributed by atoms with van der Waals surface area (Å²) in [4.78, 5) is 49.9. The maximum atomic E-state index is 12.4. The Morgan fingerprint density at radius 2 is 1.54 bits per heavy atom. The highest BCUT2D eigenvalue weighted by molar-refractivity contribution is 6.44. The van der Waals surface area contributed by atoms with E-state index in [2.05, 4.69) is 0 Å². The number of carbonyl (C=O) groups is 4. The van der Waals surface area contributed by atoms with Crippen molar-refractivity contribution >= 4 is 23.8 Å². The summed E-state index contributed by atoms with van der Waals surface area (Å²) in [6.45, 7) is -0.774. The molecule has 1 saturated heterocycles. The molecular weight excluding hydrogens is 362 g/mol. The normalized spacial score (nSPS) is 13.6. The second-order valence-electron chi connectivity index (χ2n) is 6.02. The van der Waals surface area contributed by atoms with Crippen LogP contribution in [-0.2, 0) is 32.3 Å². The van der Waals surface area contributed by atoms with E-state index in [1.807, 2.05) is 12.1 Å². The van der Waals surface area contributed by atoms with Gasteiger partial charge in [0.05, 0.1) is 18.2 Å². The van der Waals surface area contributed by atoms with Gasteiger partial charge in [-0.1, -0.05) is 42.5 Å². The van der Waals surface area contributed by atoms with E-state index in [4.69, 9.17) is 10.00 Å². The van der Waals surface area contributed by atoms with E-state index < -0.39 is 30.4 Å². The Hall–Kier alpha value is -3.99. The third kappa shape index (κ3) is 4.04. The molecule has 3 rings (SSSR count). The first-order valence-corrected chi connectivity index (χ1v) is 8.35. The Morgan fingerprint density at radius 3 is 2.18 bits per heavy atom. The van der Waals surface area contributed by atoms with Gasteiger partial charge in [0.25, 0.3) is 0 Å². The first-order chi connectivity index (χ1) is 13.5. The van der Waals surface area contributed by atoms with Crippen molar-refractivity contribution in [2.45, 2.75) is 13.2 Å². The van der Waals surface area contributed by atoms with Gasteiger partial charge in [-0.15, -0.1) is 0 Å². The van der Waals surface area contributed by atoms with Gasteiger partial charge < -0.3 is 4.74 Å². The molecule has 1 aliphatic heterocycles. The molecule has 2 aromatic rings. The Morgan fingerprint density at radius 1 is 0.893 bits per heavy atom. The maximum Gasteiger partial charge on any atom is 0.335 e. The van der Waals surface area contributed by atoms with Crippen LogP contribution in [0.3, 0.4) is 0 Å². The van der Waals surface area contributed by atoms with Crippen LogP contribution in [0.15, 0.2) is 54.6 Å². The monoisotopic (exact) mass is 377 g/mol. The van der Waals surface area contributed by atoms with Crippen molar-refractivity contribution in [1.82, 2.24) is 9.80 Å². The van der Waals surface area contributed by atoms with Gasteiger partial charge in [0.2, 0.25) is 0 Å². The number of rotatable bonds is 6. The standard InChI is InChI=1S/C20H15N3O5/c21-10-14-6-8-15(9-7-14)11-22-18(25)19(26)23(20(22)27)12-17(24)28-13-16-4-2-1-3-5-16/h1-9H,11-13H2. The molecule has 8 nitrogen and oxygen atoms in total. The van der Waals surface area contributed by atoms with E-state index in [0.29, 0.717) is 16.0 Å². The summed E-state index contributed by atoms with van der Waals surface area (Å²) in [5.74, 6) is -2.88. The van der Waals surface area contributed by atoms with Crippen molar-refractivity contribution in [3.05, 3.63) is 71.3 Å². The van der Waals surface area contributed by atoms with E-state index in [9.17, 15) is 19.2 Å². The highest BCUT2D eigenvalue weighted by Crippen LogP contribution is 2.16. The quantitative estimate of drug-likeness (QED) is 0.430. The molecule has 0 atom stereocenters. The third-order valence-corrected chi connectivity index (χ3v) is 4.09. The second-order valence-corrected chi connectivity index (χ2v) is 6.02. The van der Waals surface area contributed by atoms with Crippen LogP contribution in [-0.4, -0.2) is 40.2 Å². The van der Waals surface area contributed by atoms with Gasteiger partial charge >= 0.3 is 23.8 Å². The molecule has 140 valence electrons. The highest BCUT2D eigenvalue weighted by Gasteiger charge is 2.45. The molecule has 0 aromatic heterocycles. The van der Waals surface area contributed by atoms with Crippen LogP contribution in [0.1, 0.15) is 16.7 Å². The van der Waals surface area contributed by atoms with Crippen LogP contribution in [0, 0.1) is 11.3 Å². The summed E-state index contributed by atoms with van der Waals surface area (Å²) in [7, 11) is 0. The van der Waals surface area contributed by atoms with Gasteiger partial charge in [-0.3, -0.25) is 19.3 Å². The van der Waals surface area contributed by atoms with E-state index in [-0.39, 0.29) is 13.2 Å². The summed E-state index contributed by atoms with van der Waals surface area (Å²) in [5, 5.41) is 8.80. The largest absolute Gasteiger partial charge is 0.459 e. The number of carbonyl (C=O) groups excluding carboxylic acids is 4. The van der Waals surface area contributed by atoms with Gasteiger partial charge in [0.1, 0.15) is 13.2 Å². The molecule has 0 saturated carbocycles. The zero-order chi connectivity index (χ0) is 20.1. The lowest BCUT2D eigenvalue weighted by molar-refractivity contribution is -0.149. The molecule has 1 aliphatic rings. The fourth-order valence-corrected chi connectivity index (χ4v) is 2.61. The van der Waals surface area contributed by atoms with Gasteiger partial charge in [0.15, 0.2) is 0 Å². The molecule has 4 amide bonds. The van der Waals surface area contributed by atoms with E-state index in [0.717, 1.165) is 10.5 Å². The van der Waals surface area contributed by atoms with Crippen molar-refractivity contribution in [2.24, 2.45) is 0 Å². The smallest absolute Gasteiger partial charge is 0.335 e. The molecule has 0 radical (unpaired) electrons. The van der Waals surface area contributed by atoms with Crippen LogP contribution < -0.4 is 0 Å². The summed E-state index contributed by atoms with van der Waals surface area (Å²) in [6, 6.07) is 16.3. The summed E-state index contributed by atoms with van der Waals surface area (Å²) < 4.78 is 5.06. The van der Waals surface area contributed by atoms with Crippen LogP contribution in [0.25, 0.3) is 0 Å². The zero-order valence-electron chi connectivity index (χ0n) is 14.7. The summed E-state index contributed by atoms with van der Waals surface area (Å²) in [5.41, 5.74) is 1.76. The molecule has 28 heavy (non-hydrogen) atoms. The number of benzene rings is 2. The lowest BCUT2D eigenvalue weighted by atomic mass is 10.1. The number of hydrogen-bond acceptors (Lipinski definition) is 6. The Bertz CT molecular complexity index is 964. The average molecular weight is 377 g/mol.